The lowest BCUT2D eigenvalue weighted by atomic mass is 9.92. The van der Waals surface area contributed by atoms with Gasteiger partial charge in [0.05, 0.1) is 11.6 Å². The Morgan fingerprint density at radius 1 is 1.50 bits per heavy atom. The number of nitrogens with one attached hydrogen (secondary N) is 2. The van der Waals surface area contributed by atoms with E-state index in [0.29, 0.717) is 5.02 Å². The van der Waals surface area contributed by atoms with E-state index >= 15 is 0 Å². The lowest BCUT2D eigenvalue weighted by molar-refractivity contribution is -0.128. The van der Waals surface area contributed by atoms with Crippen molar-refractivity contribution in [2.24, 2.45) is 0 Å². The molecule has 2 rings (SSSR count). The Morgan fingerprint density at radius 2 is 2.20 bits per heavy atom. The molecule has 2 N–H and O–H groups in total. The van der Waals surface area contributed by atoms with Crippen molar-refractivity contribution >= 4 is 29.9 Å². The van der Waals surface area contributed by atoms with E-state index in [9.17, 15) is 4.79 Å². The minimum Gasteiger partial charge on any atom is -0.348 e. The number of hydrogen-bond donors (Lipinski definition) is 2. The molecule has 1 aliphatic heterocycles. The smallest absolute Gasteiger partial charge is 0.240 e. The maximum atomic E-state index is 12.5. The largest absolute Gasteiger partial charge is 0.348 e. The van der Waals surface area contributed by atoms with Crippen LogP contribution in [0.4, 0.5) is 0 Å². The summed E-state index contributed by atoms with van der Waals surface area (Å²) in [4.78, 5) is 12.5. The van der Waals surface area contributed by atoms with Gasteiger partial charge in [0.15, 0.2) is 0 Å². The van der Waals surface area contributed by atoms with Crippen LogP contribution in [0.2, 0.25) is 5.02 Å². The summed E-state index contributed by atoms with van der Waals surface area (Å²) in [5, 5.41) is 7.13. The molecule has 0 saturated carbocycles. The molecule has 112 valence electrons. The number of rotatable bonds is 4. The average molecular weight is 317 g/mol. The van der Waals surface area contributed by atoms with Crippen molar-refractivity contribution in [1.82, 2.24) is 10.6 Å². The van der Waals surface area contributed by atoms with E-state index in [0.717, 1.165) is 31.4 Å². The first-order valence-electron chi connectivity index (χ1n) is 6.89. The summed E-state index contributed by atoms with van der Waals surface area (Å²) < 4.78 is 0. The van der Waals surface area contributed by atoms with Gasteiger partial charge in [0.2, 0.25) is 5.91 Å². The van der Waals surface area contributed by atoms with Gasteiger partial charge >= 0.3 is 0 Å². The fourth-order valence-corrected chi connectivity index (χ4v) is 3.00. The van der Waals surface area contributed by atoms with Crippen LogP contribution in [0.1, 0.15) is 44.7 Å². The van der Waals surface area contributed by atoms with Crippen molar-refractivity contribution in [2.45, 2.75) is 44.7 Å². The van der Waals surface area contributed by atoms with Gasteiger partial charge < -0.3 is 10.6 Å². The standard InChI is InChI=1S/C15H21ClN2O.ClH/c1-3-15(9-6-10-17-15)14(19)18-11(2)12-7-4-5-8-13(12)16;/h4-5,7-8,11,17H,3,6,9-10H2,1-2H3,(H,18,19);1H. The van der Waals surface area contributed by atoms with Crippen molar-refractivity contribution in [2.75, 3.05) is 6.54 Å². The van der Waals surface area contributed by atoms with Gasteiger partial charge in [-0.3, -0.25) is 4.79 Å². The fraction of sp³-hybridized carbons (Fsp3) is 0.533. The van der Waals surface area contributed by atoms with E-state index in [1.165, 1.54) is 0 Å². The highest BCUT2D eigenvalue weighted by molar-refractivity contribution is 6.31. The van der Waals surface area contributed by atoms with Crippen molar-refractivity contribution in [3.63, 3.8) is 0 Å². The molecule has 1 aromatic carbocycles. The summed E-state index contributed by atoms with van der Waals surface area (Å²) in [6.07, 6.45) is 2.78. The molecule has 1 aliphatic rings. The monoisotopic (exact) mass is 316 g/mol. The SMILES string of the molecule is CCC1(C(=O)NC(C)c2ccccc2Cl)CCCN1.Cl. The second-order valence-corrected chi connectivity index (χ2v) is 5.59. The maximum absolute atomic E-state index is 12.5. The van der Waals surface area contributed by atoms with E-state index in [4.69, 9.17) is 11.6 Å². The molecule has 20 heavy (non-hydrogen) atoms. The first kappa shape index (κ1) is 17.3. The summed E-state index contributed by atoms with van der Waals surface area (Å²) in [5.41, 5.74) is 0.567. The van der Waals surface area contributed by atoms with Crippen molar-refractivity contribution in [3.8, 4) is 0 Å². The third kappa shape index (κ3) is 3.46. The predicted molar refractivity (Wildman–Crippen MR) is 85.5 cm³/mol. The Labute approximate surface area is 131 Å². The Hall–Kier alpha value is -0.770. The summed E-state index contributed by atoms with van der Waals surface area (Å²) in [7, 11) is 0. The van der Waals surface area contributed by atoms with Crippen LogP contribution in [0.3, 0.4) is 0 Å². The van der Waals surface area contributed by atoms with E-state index < -0.39 is 5.54 Å². The zero-order valence-corrected chi connectivity index (χ0v) is 13.5. The molecule has 0 spiro atoms. The van der Waals surface area contributed by atoms with Crippen LogP contribution >= 0.6 is 24.0 Å². The van der Waals surface area contributed by atoms with Crippen molar-refractivity contribution in [3.05, 3.63) is 34.9 Å². The number of carbonyl (C=O) groups excluding carboxylic acids is 1. The van der Waals surface area contributed by atoms with Gasteiger partial charge in [-0.25, -0.2) is 0 Å². The van der Waals surface area contributed by atoms with E-state index in [2.05, 4.69) is 17.6 Å². The molecule has 5 heteroatoms. The van der Waals surface area contributed by atoms with Crippen LogP contribution in [-0.4, -0.2) is 18.0 Å². The maximum Gasteiger partial charge on any atom is 0.240 e. The molecule has 1 heterocycles. The highest BCUT2D eigenvalue weighted by Crippen LogP contribution is 2.26. The predicted octanol–water partition coefficient (Wildman–Crippen LogP) is 3.47. The average Bonchev–Trinajstić information content (AvgIpc) is 2.89. The minimum atomic E-state index is -0.393. The summed E-state index contributed by atoms with van der Waals surface area (Å²) in [6.45, 7) is 4.94. The number of halogens is 2. The highest BCUT2D eigenvalue weighted by Gasteiger charge is 2.39. The quantitative estimate of drug-likeness (QED) is 0.893. The molecule has 2 atom stereocenters. The summed E-state index contributed by atoms with van der Waals surface area (Å²) in [6, 6.07) is 7.56. The lowest BCUT2D eigenvalue weighted by Crippen LogP contribution is -2.53. The molecule has 1 amide bonds. The van der Waals surface area contributed by atoms with Crippen LogP contribution in [0.25, 0.3) is 0 Å². The number of amides is 1. The van der Waals surface area contributed by atoms with Crippen LogP contribution in [0, 0.1) is 0 Å². The Bertz CT molecular complexity index is 459. The molecule has 3 nitrogen and oxygen atoms in total. The molecular weight excluding hydrogens is 295 g/mol. The van der Waals surface area contributed by atoms with Crippen LogP contribution in [-0.2, 0) is 4.79 Å². The van der Waals surface area contributed by atoms with Crippen LogP contribution in [0.5, 0.6) is 0 Å². The number of benzene rings is 1. The molecular formula is C15H22Cl2N2O. The van der Waals surface area contributed by atoms with E-state index in [1.54, 1.807) is 0 Å². The second-order valence-electron chi connectivity index (χ2n) is 5.18. The molecule has 2 unspecified atom stereocenters. The zero-order valence-electron chi connectivity index (χ0n) is 11.9. The fourth-order valence-electron chi connectivity index (χ4n) is 2.70. The topological polar surface area (TPSA) is 41.1 Å². The highest BCUT2D eigenvalue weighted by atomic mass is 35.5. The van der Waals surface area contributed by atoms with Gasteiger partial charge in [-0.15, -0.1) is 12.4 Å². The normalized spacial score (nSPS) is 22.9. The molecule has 0 aromatic heterocycles. The third-order valence-corrected chi connectivity index (χ3v) is 4.35. The van der Waals surface area contributed by atoms with Gasteiger partial charge in [0.25, 0.3) is 0 Å². The Balaban J connectivity index is 0.00000200. The Kier molecular flexibility index (Phi) is 6.31. The van der Waals surface area contributed by atoms with Gasteiger partial charge in [-0.05, 0) is 44.4 Å². The molecule has 0 bridgehead atoms. The molecule has 0 aliphatic carbocycles. The summed E-state index contributed by atoms with van der Waals surface area (Å²) >= 11 is 6.16. The third-order valence-electron chi connectivity index (χ3n) is 4.00. The molecule has 1 saturated heterocycles. The van der Waals surface area contributed by atoms with Crippen molar-refractivity contribution in [1.29, 1.82) is 0 Å². The molecule has 1 fully saturated rings. The van der Waals surface area contributed by atoms with E-state index in [-0.39, 0.29) is 24.4 Å². The van der Waals surface area contributed by atoms with Crippen LogP contribution in [0.15, 0.2) is 24.3 Å². The number of hydrogen-bond acceptors (Lipinski definition) is 2. The second kappa shape index (κ2) is 7.30. The Morgan fingerprint density at radius 3 is 2.75 bits per heavy atom. The molecule has 1 aromatic rings. The first-order valence-corrected chi connectivity index (χ1v) is 7.27. The van der Waals surface area contributed by atoms with E-state index in [1.807, 2.05) is 31.2 Å². The van der Waals surface area contributed by atoms with Gasteiger partial charge in [0.1, 0.15) is 0 Å². The minimum absolute atomic E-state index is 0. The lowest BCUT2D eigenvalue weighted by Gasteiger charge is -2.29. The molecule has 0 radical (unpaired) electrons. The first-order chi connectivity index (χ1) is 9.09. The van der Waals surface area contributed by atoms with Crippen LogP contribution < -0.4 is 10.6 Å². The van der Waals surface area contributed by atoms with Gasteiger partial charge in [-0.2, -0.15) is 0 Å². The summed E-state index contributed by atoms with van der Waals surface area (Å²) in [5.74, 6) is 0.0833. The van der Waals surface area contributed by atoms with Crippen molar-refractivity contribution < 1.29 is 4.79 Å². The zero-order chi connectivity index (χ0) is 13.9. The van der Waals surface area contributed by atoms with Gasteiger partial charge in [0, 0.05) is 5.02 Å². The number of carbonyl (C=O) groups is 1. The van der Waals surface area contributed by atoms with Gasteiger partial charge in [-0.1, -0.05) is 36.7 Å².